The van der Waals surface area contributed by atoms with E-state index in [1.165, 1.54) is 28.4 Å². The number of hydrogen-bond acceptors (Lipinski definition) is 5. The number of benzene rings is 2. The highest BCUT2D eigenvalue weighted by Crippen LogP contribution is 2.44. The zero-order valence-corrected chi connectivity index (χ0v) is 19.5. The molecule has 0 bridgehead atoms. The van der Waals surface area contributed by atoms with Crippen LogP contribution in [0.25, 0.3) is 5.76 Å². The number of halogens is 2. The summed E-state index contributed by atoms with van der Waals surface area (Å²) >= 11 is 7.74. The van der Waals surface area contributed by atoms with Crippen molar-refractivity contribution < 1.29 is 23.8 Å². The third-order valence-corrected chi connectivity index (χ3v) is 6.86. The number of hydrogen-bond donors (Lipinski definition) is 1. The van der Waals surface area contributed by atoms with Crippen LogP contribution in [-0.2, 0) is 16.1 Å². The quantitative estimate of drug-likeness (QED) is 0.269. The summed E-state index contributed by atoms with van der Waals surface area (Å²) in [6.07, 6.45) is 0. The molecule has 33 heavy (non-hydrogen) atoms. The van der Waals surface area contributed by atoms with Gasteiger partial charge in [0.2, 0.25) is 0 Å². The number of rotatable bonds is 6. The summed E-state index contributed by atoms with van der Waals surface area (Å²) in [6, 6.07) is 11.6. The number of nitrogens with zero attached hydrogens (tertiary/aromatic N) is 1. The second-order valence-electron chi connectivity index (χ2n) is 7.60. The lowest BCUT2D eigenvalue weighted by Gasteiger charge is -2.25. The molecule has 1 aromatic heterocycles. The largest absolute Gasteiger partial charge is 0.507 e. The molecule has 170 valence electrons. The van der Waals surface area contributed by atoms with Crippen molar-refractivity contribution in [3.8, 4) is 5.75 Å². The minimum absolute atomic E-state index is 0.0387. The van der Waals surface area contributed by atoms with Crippen LogP contribution in [0.4, 0.5) is 4.39 Å². The monoisotopic (exact) mass is 485 g/mol. The summed E-state index contributed by atoms with van der Waals surface area (Å²) in [5, 5.41) is 13.3. The Hall–Kier alpha value is -3.16. The molecule has 2 aromatic carbocycles. The molecule has 8 heteroatoms. The Morgan fingerprint density at radius 3 is 2.55 bits per heavy atom. The Balaban J connectivity index is 1.87. The molecular formula is C25H21ClFNO4S. The van der Waals surface area contributed by atoms with Crippen molar-refractivity contribution in [2.45, 2.75) is 26.4 Å². The molecule has 1 saturated heterocycles. The third-order valence-electron chi connectivity index (χ3n) is 5.46. The summed E-state index contributed by atoms with van der Waals surface area (Å²) in [6.45, 7) is 4.20. The van der Waals surface area contributed by atoms with E-state index in [2.05, 4.69) is 0 Å². The Morgan fingerprint density at radius 2 is 1.91 bits per heavy atom. The first-order valence-electron chi connectivity index (χ1n) is 10.3. The molecule has 1 N–H and O–H groups in total. The van der Waals surface area contributed by atoms with Crippen LogP contribution in [0.2, 0.25) is 5.02 Å². The first-order chi connectivity index (χ1) is 15.8. The van der Waals surface area contributed by atoms with Gasteiger partial charge in [-0.25, -0.2) is 4.39 Å². The van der Waals surface area contributed by atoms with Crippen LogP contribution in [0.5, 0.6) is 5.75 Å². The van der Waals surface area contributed by atoms with E-state index in [-0.39, 0.29) is 28.5 Å². The van der Waals surface area contributed by atoms with Crippen molar-refractivity contribution in [1.82, 2.24) is 4.90 Å². The molecule has 3 aromatic rings. The molecule has 1 aliphatic heterocycles. The molecule has 1 fully saturated rings. The summed E-state index contributed by atoms with van der Waals surface area (Å²) in [5.41, 5.74) is 1.72. The number of thiophene rings is 1. The van der Waals surface area contributed by atoms with Crippen molar-refractivity contribution in [3.05, 3.63) is 91.9 Å². The van der Waals surface area contributed by atoms with E-state index in [0.29, 0.717) is 17.9 Å². The van der Waals surface area contributed by atoms with E-state index in [0.717, 1.165) is 10.4 Å². The molecule has 2 heterocycles. The number of ketones is 1. The maximum absolute atomic E-state index is 13.4. The second kappa shape index (κ2) is 9.37. The van der Waals surface area contributed by atoms with Crippen molar-refractivity contribution in [3.63, 3.8) is 0 Å². The average molecular weight is 486 g/mol. The Labute approximate surface area is 199 Å². The number of likely N-dealkylation sites (tertiary alicyclic amines) is 1. The fourth-order valence-corrected chi connectivity index (χ4v) is 5.11. The second-order valence-corrected chi connectivity index (χ2v) is 8.95. The van der Waals surface area contributed by atoms with E-state index < -0.39 is 23.5 Å². The highest BCUT2D eigenvalue weighted by Gasteiger charge is 2.47. The topological polar surface area (TPSA) is 66.8 Å². The Bertz CT molecular complexity index is 1250. The van der Waals surface area contributed by atoms with Gasteiger partial charge in [0.15, 0.2) is 0 Å². The molecule has 0 saturated carbocycles. The summed E-state index contributed by atoms with van der Waals surface area (Å²) < 4.78 is 18.9. The number of Topliss-reactive ketones (excluding diaryl/α,β-unsaturated/α-hetero) is 1. The van der Waals surface area contributed by atoms with Gasteiger partial charge in [-0.05, 0) is 66.8 Å². The van der Waals surface area contributed by atoms with Crippen molar-refractivity contribution >= 4 is 40.4 Å². The SMILES string of the molecule is CCOc1ccc(Cl)c(/C(O)=C2\C(=O)C(=O)N(Cc3ccc(F)cc3)C2c2sccc2C)c1. The highest BCUT2D eigenvalue weighted by molar-refractivity contribution is 7.10. The lowest BCUT2D eigenvalue weighted by Crippen LogP contribution is -2.29. The van der Waals surface area contributed by atoms with Gasteiger partial charge in [0.05, 0.1) is 17.2 Å². The molecule has 5 nitrogen and oxygen atoms in total. The first kappa shape index (κ1) is 23.0. The predicted octanol–water partition coefficient (Wildman–Crippen LogP) is 5.87. The Kier molecular flexibility index (Phi) is 6.54. The predicted molar refractivity (Wildman–Crippen MR) is 126 cm³/mol. The van der Waals surface area contributed by atoms with Crippen LogP contribution < -0.4 is 4.74 Å². The summed E-state index contributed by atoms with van der Waals surface area (Å²) in [5.74, 6) is -1.82. The fourth-order valence-electron chi connectivity index (χ4n) is 3.85. The molecule has 1 atom stereocenters. The lowest BCUT2D eigenvalue weighted by molar-refractivity contribution is -0.140. The molecule has 0 aliphatic carbocycles. The molecule has 0 radical (unpaired) electrons. The standard InChI is InChI=1S/C25H21ClFNO4S/c1-3-32-17-8-9-19(26)18(12-17)22(29)20-21(24-14(2)10-11-33-24)28(25(31)23(20)30)13-15-4-6-16(27)7-5-15/h4-12,21,29H,3,13H2,1-2H3/b22-20+. The smallest absolute Gasteiger partial charge is 0.295 e. The number of amides is 1. The fraction of sp³-hybridized carbons (Fsp3) is 0.200. The summed E-state index contributed by atoms with van der Waals surface area (Å²) in [7, 11) is 0. The van der Waals surface area contributed by atoms with Crippen LogP contribution >= 0.6 is 22.9 Å². The van der Waals surface area contributed by atoms with Crippen LogP contribution in [0, 0.1) is 12.7 Å². The van der Waals surface area contributed by atoms with E-state index in [1.54, 1.807) is 30.3 Å². The van der Waals surface area contributed by atoms with Gasteiger partial charge in [0.25, 0.3) is 11.7 Å². The van der Waals surface area contributed by atoms with E-state index >= 15 is 0 Å². The minimum Gasteiger partial charge on any atom is -0.507 e. The van der Waals surface area contributed by atoms with E-state index in [1.807, 2.05) is 25.3 Å². The molecule has 1 unspecified atom stereocenters. The zero-order valence-electron chi connectivity index (χ0n) is 18.0. The van der Waals surface area contributed by atoms with Gasteiger partial charge in [-0.1, -0.05) is 23.7 Å². The number of carbonyl (C=O) groups excluding carboxylic acids is 2. The lowest BCUT2D eigenvalue weighted by atomic mass is 9.98. The number of ether oxygens (including phenoxy) is 1. The van der Waals surface area contributed by atoms with E-state index in [9.17, 15) is 19.1 Å². The molecular weight excluding hydrogens is 465 g/mol. The molecule has 4 rings (SSSR count). The minimum atomic E-state index is -0.804. The van der Waals surface area contributed by atoms with Crippen LogP contribution in [-0.4, -0.2) is 28.3 Å². The van der Waals surface area contributed by atoms with Crippen molar-refractivity contribution in [2.24, 2.45) is 0 Å². The number of aliphatic hydroxyl groups excluding tert-OH is 1. The van der Waals surface area contributed by atoms with Gasteiger partial charge in [0.1, 0.15) is 23.4 Å². The van der Waals surface area contributed by atoms with Crippen LogP contribution in [0.3, 0.4) is 0 Å². The maximum atomic E-state index is 13.4. The van der Waals surface area contributed by atoms with Crippen molar-refractivity contribution in [2.75, 3.05) is 6.61 Å². The zero-order chi connectivity index (χ0) is 23.7. The van der Waals surface area contributed by atoms with Gasteiger partial charge in [0, 0.05) is 17.0 Å². The van der Waals surface area contributed by atoms with Crippen molar-refractivity contribution in [1.29, 1.82) is 0 Å². The van der Waals surface area contributed by atoms with Gasteiger partial charge < -0.3 is 14.7 Å². The molecule has 0 spiro atoms. The number of aliphatic hydroxyl groups is 1. The van der Waals surface area contributed by atoms with Gasteiger partial charge in [-0.2, -0.15) is 0 Å². The normalized spacial score (nSPS) is 17.6. The number of carbonyl (C=O) groups is 2. The maximum Gasteiger partial charge on any atom is 0.295 e. The Morgan fingerprint density at radius 1 is 1.18 bits per heavy atom. The first-order valence-corrected chi connectivity index (χ1v) is 11.6. The van der Waals surface area contributed by atoms with Gasteiger partial charge >= 0.3 is 0 Å². The number of aryl methyl sites for hydroxylation is 1. The van der Waals surface area contributed by atoms with Gasteiger partial charge in [-0.15, -0.1) is 11.3 Å². The average Bonchev–Trinajstić information content (AvgIpc) is 3.32. The van der Waals surface area contributed by atoms with Crippen LogP contribution in [0.1, 0.15) is 34.5 Å². The van der Waals surface area contributed by atoms with Gasteiger partial charge in [-0.3, -0.25) is 9.59 Å². The third kappa shape index (κ3) is 4.38. The van der Waals surface area contributed by atoms with Crippen LogP contribution in [0.15, 0.2) is 59.5 Å². The van der Waals surface area contributed by atoms with E-state index in [4.69, 9.17) is 16.3 Å². The molecule has 1 amide bonds. The summed E-state index contributed by atoms with van der Waals surface area (Å²) in [4.78, 5) is 28.4. The molecule has 1 aliphatic rings. The highest BCUT2D eigenvalue weighted by atomic mass is 35.5.